The minimum atomic E-state index is -0.222. The van der Waals surface area contributed by atoms with Crippen molar-refractivity contribution in [3.8, 4) is 11.8 Å². The fourth-order valence-electron chi connectivity index (χ4n) is 1.56. The fourth-order valence-corrected chi connectivity index (χ4v) is 1.56. The lowest BCUT2D eigenvalue weighted by atomic mass is 9.87. The molecule has 2 atom stereocenters. The number of hydrogen-bond acceptors (Lipinski definition) is 1. The van der Waals surface area contributed by atoms with Gasteiger partial charge in [-0.05, 0) is 32.8 Å². The van der Waals surface area contributed by atoms with Gasteiger partial charge in [0.1, 0.15) is 0 Å². The Bertz CT molecular complexity index is 275. The average Bonchev–Trinajstić information content (AvgIpc) is 2.15. The largest absolute Gasteiger partial charge is 0.392 e. The molecule has 2 unspecified atom stereocenters. The Kier molecular flexibility index (Phi) is 3.79. The Balaban J connectivity index is 2.72. The molecule has 70 valence electrons. The van der Waals surface area contributed by atoms with E-state index in [1.165, 1.54) is 0 Å². The SMILES string of the molecule is CC#C/C=C(/C)C1C=CCCC1O. The van der Waals surface area contributed by atoms with Crippen molar-refractivity contribution >= 4 is 0 Å². The number of aliphatic hydroxyl groups excluding tert-OH is 1. The molecule has 0 aromatic heterocycles. The predicted octanol–water partition coefficient (Wildman–Crippen LogP) is 2.28. The summed E-state index contributed by atoms with van der Waals surface area (Å²) in [6.45, 7) is 3.84. The summed E-state index contributed by atoms with van der Waals surface area (Å²) in [4.78, 5) is 0. The van der Waals surface area contributed by atoms with Crippen LogP contribution in [0, 0.1) is 17.8 Å². The van der Waals surface area contributed by atoms with E-state index in [9.17, 15) is 5.11 Å². The molecule has 0 spiro atoms. The van der Waals surface area contributed by atoms with Crippen LogP contribution in [0.5, 0.6) is 0 Å². The molecule has 1 heteroatoms. The third kappa shape index (κ3) is 2.75. The van der Waals surface area contributed by atoms with Gasteiger partial charge in [-0.1, -0.05) is 23.6 Å². The van der Waals surface area contributed by atoms with E-state index in [1.54, 1.807) is 0 Å². The highest BCUT2D eigenvalue weighted by Gasteiger charge is 2.19. The van der Waals surface area contributed by atoms with Crippen molar-refractivity contribution < 1.29 is 5.11 Å². The minimum absolute atomic E-state index is 0.176. The van der Waals surface area contributed by atoms with Crippen molar-refractivity contribution in [2.75, 3.05) is 0 Å². The maximum atomic E-state index is 9.70. The van der Waals surface area contributed by atoms with Gasteiger partial charge in [0.2, 0.25) is 0 Å². The van der Waals surface area contributed by atoms with Gasteiger partial charge in [0, 0.05) is 5.92 Å². The van der Waals surface area contributed by atoms with Crippen LogP contribution in [-0.2, 0) is 0 Å². The summed E-state index contributed by atoms with van der Waals surface area (Å²) in [5.74, 6) is 5.90. The average molecular weight is 176 g/mol. The molecule has 0 aliphatic heterocycles. The molecule has 0 fully saturated rings. The lowest BCUT2D eigenvalue weighted by Gasteiger charge is -2.23. The summed E-state index contributed by atoms with van der Waals surface area (Å²) >= 11 is 0. The normalized spacial score (nSPS) is 28.1. The first kappa shape index (κ1) is 10.1. The van der Waals surface area contributed by atoms with E-state index in [2.05, 4.69) is 24.0 Å². The van der Waals surface area contributed by atoms with Crippen LogP contribution in [0.3, 0.4) is 0 Å². The topological polar surface area (TPSA) is 20.2 Å². The Morgan fingerprint density at radius 2 is 2.38 bits per heavy atom. The Morgan fingerprint density at radius 3 is 3.00 bits per heavy atom. The van der Waals surface area contributed by atoms with Crippen molar-refractivity contribution in [3.63, 3.8) is 0 Å². The first-order valence-corrected chi connectivity index (χ1v) is 4.69. The van der Waals surface area contributed by atoms with Crippen LogP contribution >= 0.6 is 0 Å². The van der Waals surface area contributed by atoms with Crippen molar-refractivity contribution in [1.29, 1.82) is 0 Å². The molecule has 0 aromatic rings. The van der Waals surface area contributed by atoms with Crippen molar-refractivity contribution in [1.82, 2.24) is 0 Å². The second-order valence-electron chi connectivity index (χ2n) is 3.38. The Hall–Kier alpha value is -1.00. The molecule has 0 saturated heterocycles. The van der Waals surface area contributed by atoms with Gasteiger partial charge in [0.05, 0.1) is 6.10 Å². The molecule has 0 radical (unpaired) electrons. The van der Waals surface area contributed by atoms with Crippen LogP contribution in [0.1, 0.15) is 26.7 Å². The molecule has 1 aliphatic carbocycles. The van der Waals surface area contributed by atoms with E-state index in [1.807, 2.05) is 19.9 Å². The van der Waals surface area contributed by atoms with E-state index < -0.39 is 0 Å². The molecule has 0 amide bonds. The lowest BCUT2D eigenvalue weighted by Crippen LogP contribution is -2.21. The molecular weight excluding hydrogens is 160 g/mol. The van der Waals surface area contributed by atoms with Crippen molar-refractivity contribution in [2.24, 2.45) is 5.92 Å². The van der Waals surface area contributed by atoms with Crippen LogP contribution in [0.4, 0.5) is 0 Å². The zero-order valence-electron chi connectivity index (χ0n) is 8.25. The zero-order valence-corrected chi connectivity index (χ0v) is 8.25. The minimum Gasteiger partial charge on any atom is -0.392 e. The fraction of sp³-hybridized carbons (Fsp3) is 0.500. The van der Waals surface area contributed by atoms with Crippen molar-refractivity contribution in [2.45, 2.75) is 32.8 Å². The second-order valence-corrected chi connectivity index (χ2v) is 3.38. The second kappa shape index (κ2) is 4.89. The van der Waals surface area contributed by atoms with E-state index in [4.69, 9.17) is 0 Å². The van der Waals surface area contributed by atoms with Gasteiger partial charge in [-0.2, -0.15) is 0 Å². The van der Waals surface area contributed by atoms with Crippen LogP contribution in [-0.4, -0.2) is 11.2 Å². The number of aliphatic hydroxyl groups is 1. The third-order valence-electron chi connectivity index (χ3n) is 2.36. The molecular formula is C12H16O. The van der Waals surface area contributed by atoms with Crippen molar-refractivity contribution in [3.05, 3.63) is 23.8 Å². The molecule has 0 aromatic carbocycles. The van der Waals surface area contributed by atoms with Gasteiger partial charge in [0.25, 0.3) is 0 Å². The molecule has 13 heavy (non-hydrogen) atoms. The van der Waals surface area contributed by atoms with E-state index in [-0.39, 0.29) is 12.0 Å². The van der Waals surface area contributed by atoms with Crippen LogP contribution in [0.15, 0.2) is 23.8 Å². The highest BCUT2D eigenvalue weighted by molar-refractivity contribution is 5.25. The van der Waals surface area contributed by atoms with Crippen LogP contribution in [0.25, 0.3) is 0 Å². The molecule has 1 nitrogen and oxygen atoms in total. The van der Waals surface area contributed by atoms with Crippen LogP contribution < -0.4 is 0 Å². The number of rotatable bonds is 1. The van der Waals surface area contributed by atoms with E-state index >= 15 is 0 Å². The molecule has 0 bridgehead atoms. The van der Waals surface area contributed by atoms with Crippen LogP contribution in [0.2, 0.25) is 0 Å². The van der Waals surface area contributed by atoms with Gasteiger partial charge in [-0.3, -0.25) is 0 Å². The number of allylic oxidation sites excluding steroid dienone is 2. The van der Waals surface area contributed by atoms with Gasteiger partial charge >= 0.3 is 0 Å². The van der Waals surface area contributed by atoms with Gasteiger partial charge in [-0.25, -0.2) is 0 Å². The van der Waals surface area contributed by atoms with E-state index in [0.717, 1.165) is 18.4 Å². The first-order chi connectivity index (χ1) is 6.25. The quantitative estimate of drug-likeness (QED) is 0.480. The maximum absolute atomic E-state index is 9.70. The zero-order chi connectivity index (χ0) is 9.68. The highest BCUT2D eigenvalue weighted by Crippen LogP contribution is 2.24. The van der Waals surface area contributed by atoms with E-state index in [0.29, 0.717) is 0 Å². The molecule has 1 N–H and O–H groups in total. The molecule has 1 rings (SSSR count). The predicted molar refractivity (Wildman–Crippen MR) is 55.1 cm³/mol. The summed E-state index contributed by atoms with van der Waals surface area (Å²) in [7, 11) is 0. The third-order valence-corrected chi connectivity index (χ3v) is 2.36. The monoisotopic (exact) mass is 176 g/mol. The summed E-state index contributed by atoms with van der Waals surface area (Å²) < 4.78 is 0. The lowest BCUT2D eigenvalue weighted by molar-refractivity contribution is 0.130. The summed E-state index contributed by atoms with van der Waals surface area (Å²) in [6.07, 6.45) is 7.74. The summed E-state index contributed by atoms with van der Waals surface area (Å²) in [5, 5.41) is 9.70. The molecule has 1 aliphatic rings. The number of hydrogen-bond donors (Lipinski definition) is 1. The van der Waals surface area contributed by atoms with Gasteiger partial charge in [-0.15, -0.1) is 5.92 Å². The Labute approximate surface area is 80.2 Å². The molecule has 0 heterocycles. The Morgan fingerprint density at radius 1 is 1.62 bits per heavy atom. The van der Waals surface area contributed by atoms with Gasteiger partial charge < -0.3 is 5.11 Å². The smallest absolute Gasteiger partial charge is 0.0643 e. The highest BCUT2D eigenvalue weighted by atomic mass is 16.3. The first-order valence-electron chi connectivity index (χ1n) is 4.69. The maximum Gasteiger partial charge on any atom is 0.0643 e. The standard InChI is InChI=1S/C12H16O/c1-3-4-7-10(2)11-8-5-6-9-12(11)13/h5,7-8,11-13H,6,9H2,1-2H3/b10-7-. The molecule has 0 saturated carbocycles. The summed E-state index contributed by atoms with van der Waals surface area (Å²) in [5.41, 5.74) is 1.15. The van der Waals surface area contributed by atoms with Gasteiger partial charge in [0.15, 0.2) is 0 Å². The summed E-state index contributed by atoms with van der Waals surface area (Å²) in [6, 6.07) is 0.